The summed E-state index contributed by atoms with van der Waals surface area (Å²) in [5.74, 6) is -0.796. The van der Waals surface area contributed by atoms with Crippen molar-refractivity contribution in [1.82, 2.24) is 10.6 Å². The molecule has 1 aliphatic heterocycles. The molecule has 6 nitrogen and oxygen atoms in total. The van der Waals surface area contributed by atoms with Crippen LogP contribution in [0.25, 0.3) is 0 Å². The highest BCUT2D eigenvalue weighted by atomic mass is 16.5. The third-order valence-electron chi connectivity index (χ3n) is 4.42. The van der Waals surface area contributed by atoms with Crippen LogP contribution < -0.4 is 10.6 Å². The maximum Gasteiger partial charge on any atom is 0.315 e. The lowest BCUT2D eigenvalue weighted by atomic mass is 9.86. The third-order valence-corrected chi connectivity index (χ3v) is 4.42. The SMILES string of the molecule is CC1CC(NC(=O)NCC2(C(=O)O)CCCC2)CCO1. The van der Waals surface area contributed by atoms with E-state index in [9.17, 15) is 14.7 Å². The van der Waals surface area contributed by atoms with Crippen LogP contribution in [0.5, 0.6) is 0 Å². The van der Waals surface area contributed by atoms with Gasteiger partial charge in [0, 0.05) is 19.2 Å². The monoisotopic (exact) mass is 284 g/mol. The predicted octanol–water partition coefficient (Wildman–Crippen LogP) is 1.50. The van der Waals surface area contributed by atoms with E-state index in [1.54, 1.807) is 0 Å². The molecule has 1 saturated carbocycles. The minimum atomic E-state index is -0.796. The van der Waals surface area contributed by atoms with Crippen LogP contribution >= 0.6 is 0 Å². The fourth-order valence-electron chi connectivity index (χ4n) is 3.13. The summed E-state index contributed by atoms with van der Waals surface area (Å²) in [6, 6.07) is -0.153. The fourth-order valence-corrected chi connectivity index (χ4v) is 3.13. The lowest BCUT2D eigenvalue weighted by Gasteiger charge is -2.29. The summed E-state index contributed by atoms with van der Waals surface area (Å²) in [7, 11) is 0. The Morgan fingerprint density at radius 1 is 1.35 bits per heavy atom. The molecule has 2 aliphatic rings. The smallest absolute Gasteiger partial charge is 0.315 e. The van der Waals surface area contributed by atoms with Crippen LogP contribution in [-0.2, 0) is 9.53 Å². The quantitative estimate of drug-likeness (QED) is 0.730. The van der Waals surface area contributed by atoms with E-state index < -0.39 is 11.4 Å². The number of carbonyl (C=O) groups is 2. The molecule has 3 N–H and O–H groups in total. The Balaban J connectivity index is 1.78. The zero-order chi connectivity index (χ0) is 14.6. The summed E-state index contributed by atoms with van der Waals surface area (Å²) >= 11 is 0. The predicted molar refractivity (Wildman–Crippen MR) is 73.5 cm³/mol. The number of ether oxygens (including phenoxy) is 1. The lowest BCUT2D eigenvalue weighted by Crippen LogP contribution is -2.49. The maximum atomic E-state index is 11.9. The minimum absolute atomic E-state index is 0.114. The number of carboxylic acids is 1. The van der Waals surface area contributed by atoms with Gasteiger partial charge in [0.1, 0.15) is 0 Å². The van der Waals surface area contributed by atoms with E-state index >= 15 is 0 Å². The van der Waals surface area contributed by atoms with Crippen molar-refractivity contribution < 1.29 is 19.4 Å². The number of nitrogens with one attached hydrogen (secondary N) is 2. The molecular formula is C14H24N2O4. The number of hydrogen-bond acceptors (Lipinski definition) is 3. The molecule has 2 amide bonds. The largest absolute Gasteiger partial charge is 0.481 e. The Bertz CT molecular complexity index is 366. The highest BCUT2D eigenvalue weighted by Gasteiger charge is 2.41. The molecule has 1 heterocycles. The second-order valence-electron chi connectivity index (χ2n) is 6.02. The van der Waals surface area contributed by atoms with Crippen molar-refractivity contribution in [3.05, 3.63) is 0 Å². The number of amides is 2. The van der Waals surface area contributed by atoms with Crippen molar-refractivity contribution in [2.24, 2.45) is 5.41 Å². The van der Waals surface area contributed by atoms with Gasteiger partial charge in [-0.15, -0.1) is 0 Å². The molecule has 0 radical (unpaired) electrons. The number of aliphatic carboxylic acids is 1. The normalized spacial score (nSPS) is 28.9. The zero-order valence-corrected chi connectivity index (χ0v) is 12.0. The topological polar surface area (TPSA) is 87.7 Å². The molecule has 0 bridgehead atoms. The second-order valence-corrected chi connectivity index (χ2v) is 6.02. The van der Waals surface area contributed by atoms with Crippen LogP contribution in [0.4, 0.5) is 4.79 Å². The average Bonchev–Trinajstić information content (AvgIpc) is 2.86. The van der Waals surface area contributed by atoms with Crippen LogP contribution in [0, 0.1) is 5.41 Å². The van der Waals surface area contributed by atoms with Gasteiger partial charge in [-0.05, 0) is 32.6 Å². The van der Waals surface area contributed by atoms with Crippen molar-refractivity contribution in [2.45, 2.75) is 57.6 Å². The third kappa shape index (κ3) is 3.62. The molecule has 2 rings (SSSR count). The van der Waals surface area contributed by atoms with Crippen LogP contribution in [-0.4, -0.2) is 42.4 Å². The van der Waals surface area contributed by atoms with Gasteiger partial charge in [-0.2, -0.15) is 0 Å². The van der Waals surface area contributed by atoms with Crippen molar-refractivity contribution in [3.8, 4) is 0 Å². The number of carboxylic acid groups (broad SMARTS) is 1. The Hall–Kier alpha value is -1.30. The molecule has 1 saturated heterocycles. The Kier molecular flexibility index (Phi) is 4.86. The van der Waals surface area contributed by atoms with Gasteiger partial charge in [0.25, 0.3) is 0 Å². The number of carbonyl (C=O) groups excluding carboxylic acids is 1. The van der Waals surface area contributed by atoms with Gasteiger partial charge in [-0.1, -0.05) is 12.8 Å². The molecule has 0 aromatic heterocycles. The minimum Gasteiger partial charge on any atom is -0.481 e. The molecule has 114 valence electrons. The van der Waals surface area contributed by atoms with E-state index in [1.807, 2.05) is 6.92 Å². The first-order valence-electron chi connectivity index (χ1n) is 7.41. The number of hydrogen-bond donors (Lipinski definition) is 3. The Morgan fingerprint density at radius 3 is 2.65 bits per heavy atom. The first kappa shape index (κ1) is 15.1. The summed E-state index contributed by atoms with van der Waals surface area (Å²) in [5.41, 5.74) is -0.764. The van der Waals surface area contributed by atoms with Crippen LogP contribution in [0.2, 0.25) is 0 Å². The fraction of sp³-hybridized carbons (Fsp3) is 0.857. The summed E-state index contributed by atoms with van der Waals surface area (Å²) < 4.78 is 5.43. The van der Waals surface area contributed by atoms with Gasteiger partial charge in [0.05, 0.1) is 11.5 Å². The van der Waals surface area contributed by atoms with Crippen molar-refractivity contribution >= 4 is 12.0 Å². The summed E-state index contributed by atoms with van der Waals surface area (Å²) in [5, 5.41) is 15.0. The van der Waals surface area contributed by atoms with Gasteiger partial charge >= 0.3 is 12.0 Å². The van der Waals surface area contributed by atoms with Gasteiger partial charge in [0.15, 0.2) is 0 Å². The lowest BCUT2D eigenvalue weighted by molar-refractivity contribution is -0.148. The van der Waals surface area contributed by atoms with Gasteiger partial charge < -0.3 is 20.5 Å². The highest BCUT2D eigenvalue weighted by molar-refractivity contribution is 5.78. The molecule has 2 atom stereocenters. The van der Waals surface area contributed by atoms with Crippen LogP contribution in [0.3, 0.4) is 0 Å². The first-order chi connectivity index (χ1) is 9.52. The first-order valence-corrected chi connectivity index (χ1v) is 7.41. The summed E-state index contributed by atoms with van der Waals surface area (Å²) in [6.45, 7) is 2.86. The van der Waals surface area contributed by atoms with Gasteiger partial charge in [-0.3, -0.25) is 4.79 Å². The van der Waals surface area contributed by atoms with Gasteiger partial charge in [-0.25, -0.2) is 4.79 Å². The van der Waals surface area contributed by atoms with Crippen LogP contribution in [0.15, 0.2) is 0 Å². The zero-order valence-electron chi connectivity index (χ0n) is 12.0. The molecule has 0 aromatic carbocycles. The van der Waals surface area contributed by atoms with Crippen molar-refractivity contribution in [1.29, 1.82) is 0 Å². The molecule has 2 unspecified atom stereocenters. The summed E-state index contributed by atoms with van der Waals surface area (Å²) in [6.07, 6.45) is 4.92. The maximum absolute atomic E-state index is 11.9. The van der Waals surface area contributed by atoms with E-state index in [1.165, 1.54) is 0 Å². The number of urea groups is 1. The molecular weight excluding hydrogens is 260 g/mol. The van der Waals surface area contributed by atoms with Crippen molar-refractivity contribution in [2.75, 3.05) is 13.2 Å². The molecule has 1 aliphatic carbocycles. The number of rotatable bonds is 4. The van der Waals surface area contributed by atoms with E-state index in [0.29, 0.717) is 19.4 Å². The van der Waals surface area contributed by atoms with Crippen molar-refractivity contribution in [3.63, 3.8) is 0 Å². The van der Waals surface area contributed by atoms with E-state index in [4.69, 9.17) is 4.74 Å². The standard InChI is InChI=1S/C14H24N2O4/c1-10-8-11(4-7-20-10)16-13(19)15-9-14(12(17)18)5-2-3-6-14/h10-11H,2-9H2,1H3,(H,17,18)(H2,15,16,19). The van der Waals surface area contributed by atoms with Crippen LogP contribution in [0.1, 0.15) is 45.4 Å². The molecule has 0 spiro atoms. The second kappa shape index (κ2) is 6.43. The van der Waals surface area contributed by atoms with E-state index in [0.717, 1.165) is 25.7 Å². The van der Waals surface area contributed by atoms with E-state index in [-0.39, 0.29) is 24.7 Å². The Morgan fingerprint density at radius 2 is 2.05 bits per heavy atom. The Labute approximate surface area is 119 Å². The summed E-state index contributed by atoms with van der Waals surface area (Å²) in [4.78, 5) is 23.3. The molecule has 6 heteroatoms. The average molecular weight is 284 g/mol. The molecule has 2 fully saturated rings. The highest BCUT2D eigenvalue weighted by Crippen LogP contribution is 2.37. The molecule has 20 heavy (non-hydrogen) atoms. The molecule has 0 aromatic rings. The van der Waals surface area contributed by atoms with Gasteiger partial charge in [0.2, 0.25) is 0 Å². The van der Waals surface area contributed by atoms with E-state index in [2.05, 4.69) is 10.6 Å².